The molecule has 0 spiro atoms. The van der Waals surface area contributed by atoms with Crippen molar-refractivity contribution in [3.05, 3.63) is 89.7 Å². The summed E-state index contributed by atoms with van der Waals surface area (Å²) in [5.74, 6) is 1.03. The highest BCUT2D eigenvalue weighted by Crippen LogP contribution is 2.45. The Labute approximate surface area is 198 Å². The van der Waals surface area contributed by atoms with Gasteiger partial charge in [0.25, 0.3) is 5.91 Å². The molecule has 0 radical (unpaired) electrons. The third kappa shape index (κ3) is 5.07. The fourth-order valence-electron chi connectivity index (χ4n) is 4.46. The van der Waals surface area contributed by atoms with Crippen LogP contribution < -0.4 is 4.74 Å². The predicted octanol–water partition coefficient (Wildman–Crippen LogP) is 6.35. The molecule has 1 atom stereocenters. The lowest BCUT2D eigenvalue weighted by Crippen LogP contribution is -2.43. The van der Waals surface area contributed by atoms with Crippen molar-refractivity contribution in [3.8, 4) is 11.5 Å². The molecule has 1 unspecified atom stereocenters. The first kappa shape index (κ1) is 22.0. The number of halogens is 1. The molecule has 170 valence electrons. The maximum atomic E-state index is 13.5. The number of rotatable bonds is 6. The number of fused-ring (bicyclic) bond motifs is 1. The molecule has 1 amide bonds. The normalized spacial score (nSPS) is 18.8. The molecule has 0 saturated carbocycles. The predicted molar refractivity (Wildman–Crippen MR) is 129 cm³/mol. The number of amides is 1. The van der Waals surface area contributed by atoms with Crippen molar-refractivity contribution in [3.63, 3.8) is 0 Å². The molecule has 2 aliphatic rings. The van der Waals surface area contributed by atoms with Crippen LogP contribution in [0.1, 0.15) is 40.6 Å². The first-order valence-corrected chi connectivity index (χ1v) is 12.4. The molecule has 4 nitrogen and oxygen atoms in total. The average molecular weight is 463 g/mol. The van der Waals surface area contributed by atoms with E-state index in [1.165, 1.54) is 31.4 Å². The number of benzene rings is 3. The zero-order chi connectivity index (χ0) is 22.6. The molecule has 3 aromatic carbocycles. The summed E-state index contributed by atoms with van der Waals surface area (Å²) in [6.45, 7) is 3.79. The molecule has 6 heteroatoms. The highest BCUT2D eigenvalue weighted by Gasteiger charge is 2.34. The van der Waals surface area contributed by atoms with Gasteiger partial charge in [0.15, 0.2) is 0 Å². The summed E-state index contributed by atoms with van der Waals surface area (Å²) in [6.07, 6.45) is 3.77. The first-order chi connectivity index (χ1) is 16.2. The van der Waals surface area contributed by atoms with E-state index in [0.717, 1.165) is 35.7 Å². The number of ether oxygens (including phenoxy) is 1. The number of likely N-dealkylation sites (tertiary alicyclic amines) is 1. The van der Waals surface area contributed by atoms with Crippen molar-refractivity contribution in [2.45, 2.75) is 29.5 Å². The minimum absolute atomic E-state index is 0.0798. The monoisotopic (exact) mass is 462 g/mol. The van der Waals surface area contributed by atoms with Gasteiger partial charge >= 0.3 is 0 Å². The second-order valence-corrected chi connectivity index (χ2v) is 9.62. The Bertz CT molecular complexity index is 1120. The Morgan fingerprint density at radius 1 is 0.879 bits per heavy atom. The van der Waals surface area contributed by atoms with Gasteiger partial charge in [0.2, 0.25) is 0 Å². The van der Waals surface area contributed by atoms with Gasteiger partial charge < -0.3 is 14.5 Å². The molecule has 1 fully saturated rings. The van der Waals surface area contributed by atoms with E-state index < -0.39 is 0 Å². The zero-order valence-corrected chi connectivity index (χ0v) is 19.3. The van der Waals surface area contributed by atoms with Gasteiger partial charge in [-0.25, -0.2) is 4.39 Å². The van der Waals surface area contributed by atoms with Gasteiger partial charge in [-0.1, -0.05) is 42.4 Å². The fourth-order valence-corrected chi connectivity index (χ4v) is 5.75. The molecule has 0 aromatic heterocycles. The summed E-state index contributed by atoms with van der Waals surface area (Å²) in [5.41, 5.74) is 1.79. The van der Waals surface area contributed by atoms with E-state index in [1.54, 1.807) is 23.9 Å². The summed E-state index contributed by atoms with van der Waals surface area (Å²) >= 11 is 1.71. The standard InChI is InChI=1S/C27H27FN2O2S/c28-21-11-13-22(14-12-21)32-23-8-6-7-20(19-23)27-30(18-17-29-15-4-1-5-16-29)26(31)24-9-2-3-10-25(24)33-27/h2-3,6-14,19,27H,1,4-5,15-18H2. The van der Waals surface area contributed by atoms with Gasteiger partial charge in [-0.3, -0.25) is 4.79 Å². The quantitative estimate of drug-likeness (QED) is 0.427. The number of hydrogen-bond acceptors (Lipinski definition) is 4. The van der Waals surface area contributed by atoms with E-state index in [0.29, 0.717) is 18.0 Å². The van der Waals surface area contributed by atoms with Crippen molar-refractivity contribution in [2.24, 2.45) is 0 Å². The molecular weight excluding hydrogens is 435 g/mol. The molecule has 0 N–H and O–H groups in total. The van der Waals surface area contributed by atoms with Gasteiger partial charge in [0, 0.05) is 18.0 Å². The summed E-state index contributed by atoms with van der Waals surface area (Å²) in [7, 11) is 0. The first-order valence-electron chi connectivity index (χ1n) is 11.5. The van der Waals surface area contributed by atoms with Crippen LogP contribution in [-0.2, 0) is 0 Å². The van der Waals surface area contributed by atoms with Crippen LogP contribution in [0.15, 0.2) is 77.7 Å². The highest BCUT2D eigenvalue weighted by molar-refractivity contribution is 7.99. The van der Waals surface area contributed by atoms with Gasteiger partial charge in [-0.2, -0.15) is 0 Å². The van der Waals surface area contributed by atoms with Crippen LogP contribution in [0, 0.1) is 5.82 Å². The number of thioether (sulfide) groups is 1. The Kier molecular flexibility index (Phi) is 6.65. The summed E-state index contributed by atoms with van der Waals surface area (Å²) in [4.78, 5) is 19.0. The Morgan fingerprint density at radius 3 is 2.48 bits per heavy atom. The SMILES string of the molecule is O=C1c2ccccc2SC(c2cccc(Oc3ccc(F)cc3)c2)N1CCN1CCCCC1. The van der Waals surface area contributed by atoms with Gasteiger partial charge in [-0.15, -0.1) is 0 Å². The van der Waals surface area contributed by atoms with Gasteiger partial charge in [0.1, 0.15) is 22.7 Å². The molecule has 0 bridgehead atoms. The smallest absolute Gasteiger partial charge is 0.256 e. The Hall–Kier alpha value is -2.83. The molecular formula is C27H27FN2O2S. The topological polar surface area (TPSA) is 32.8 Å². The number of nitrogens with zero attached hydrogens (tertiary/aromatic N) is 2. The maximum absolute atomic E-state index is 13.5. The third-order valence-corrected chi connectivity index (χ3v) is 7.56. The Morgan fingerprint density at radius 2 is 1.67 bits per heavy atom. The van der Waals surface area contributed by atoms with Crippen LogP contribution in [-0.4, -0.2) is 41.9 Å². The summed E-state index contributed by atoms with van der Waals surface area (Å²) in [6, 6.07) is 21.7. The van der Waals surface area contributed by atoms with Crippen LogP contribution in [0.2, 0.25) is 0 Å². The summed E-state index contributed by atoms with van der Waals surface area (Å²) in [5, 5.41) is -0.131. The average Bonchev–Trinajstić information content (AvgIpc) is 2.86. The van der Waals surface area contributed by atoms with Gasteiger partial charge in [0.05, 0.1) is 5.56 Å². The molecule has 3 aromatic rings. The maximum Gasteiger partial charge on any atom is 0.256 e. The molecule has 33 heavy (non-hydrogen) atoms. The number of piperidine rings is 1. The lowest BCUT2D eigenvalue weighted by Gasteiger charge is -2.38. The van der Waals surface area contributed by atoms with Crippen LogP contribution >= 0.6 is 11.8 Å². The van der Waals surface area contributed by atoms with E-state index in [4.69, 9.17) is 4.74 Å². The summed E-state index contributed by atoms with van der Waals surface area (Å²) < 4.78 is 19.2. The lowest BCUT2D eigenvalue weighted by molar-refractivity contribution is 0.0697. The van der Waals surface area contributed by atoms with E-state index >= 15 is 0 Å². The minimum Gasteiger partial charge on any atom is -0.457 e. The second-order valence-electron chi connectivity index (χ2n) is 8.50. The molecule has 0 aliphatic carbocycles. The third-order valence-electron chi connectivity index (χ3n) is 6.20. The van der Waals surface area contributed by atoms with Gasteiger partial charge in [-0.05, 0) is 80.0 Å². The van der Waals surface area contributed by atoms with Crippen molar-refractivity contribution in [1.82, 2.24) is 9.80 Å². The number of carbonyl (C=O) groups is 1. The zero-order valence-electron chi connectivity index (χ0n) is 18.5. The highest BCUT2D eigenvalue weighted by atomic mass is 32.2. The van der Waals surface area contributed by atoms with Crippen LogP contribution in [0.3, 0.4) is 0 Å². The van der Waals surface area contributed by atoms with Crippen molar-refractivity contribution in [1.29, 1.82) is 0 Å². The van der Waals surface area contributed by atoms with Crippen molar-refractivity contribution in [2.75, 3.05) is 26.2 Å². The van der Waals surface area contributed by atoms with Crippen molar-refractivity contribution < 1.29 is 13.9 Å². The fraction of sp³-hybridized carbons (Fsp3) is 0.296. The molecule has 2 aliphatic heterocycles. The Balaban J connectivity index is 1.41. The number of carbonyl (C=O) groups excluding carboxylic acids is 1. The molecule has 1 saturated heterocycles. The van der Waals surface area contributed by atoms with E-state index in [2.05, 4.69) is 4.90 Å². The molecule has 5 rings (SSSR count). The van der Waals surface area contributed by atoms with E-state index in [-0.39, 0.29) is 17.1 Å². The lowest BCUT2D eigenvalue weighted by atomic mass is 10.1. The van der Waals surface area contributed by atoms with E-state index in [9.17, 15) is 9.18 Å². The van der Waals surface area contributed by atoms with Crippen LogP contribution in [0.5, 0.6) is 11.5 Å². The number of hydrogen-bond donors (Lipinski definition) is 0. The largest absolute Gasteiger partial charge is 0.457 e. The van der Waals surface area contributed by atoms with E-state index in [1.807, 2.05) is 53.4 Å². The van der Waals surface area contributed by atoms with Crippen LogP contribution in [0.25, 0.3) is 0 Å². The molecule has 2 heterocycles. The minimum atomic E-state index is -0.295. The van der Waals surface area contributed by atoms with Crippen molar-refractivity contribution >= 4 is 17.7 Å². The van der Waals surface area contributed by atoms with Crippen LogP contribution in [0.4, 0.5) is 4.39 Å². The second kappa shape index (κ2) is 9.98.